The molecule has 1 aliphatic carbocycles. The number of nitriles is 1. The summed E-state index contributed by atoms with van der Waals surface area (Å²) in [7, 11) is 0. The number of benzene rings is 1. The van der Waals surface area contributed by atoms with Gasteiger partial charge in [-0.2, -0.15) is 5.26 Å². The highest BCUT2D eigenvalue weighted by molar-refractivity contribution is 7.13. The molecule has 3 N–H and O–H groups in total. The number of β-amino-alcohol motifs (C(OH)–C–C–N with tert-alkyl or cyclic N) is 1. The second-order valence-electron chi connectivity index (χ2n) is 13.5. The summed E-state index contributed by atoms with van der Waals surface area (Å²) in [5, 5.41) is 25.7. The Balaban J connectivity index is 1.52. The Labute approximate surface area is 246 Å². The number of thiazole rings is 1. The second kappa shape index (κ2) is 11.2. The summed E-state index contributed by atoms with van der Waals surface area (Å²) in [6, 6.07) is 6.47. The molecule has 41 heavy (non-hydrogen) atoms. The van der Waals surface area contributed by atoms with E-state index in [4.69, 9.17) is 0 Å². The molecule has 4 rings (SSSR count). The van der Waals surface area contributed by atoms with Crippen LogP contribution in [0.15, 0.2) is 23.7 Å². The molecule has 9 nitrogen and oxygen atoms in total. The van der Waals surface area contributed by atoms with Gasteiger partial charge in [-0.25, -0.2) is 4.98 Å². The molecule has 2 aliphatic rings. The lowest BCUT2D eigenvalue weighted by Gasteiger charge is -2.35. The van der Waals surface area contributed by atoms with Gasteiger partial charge in [-0.1, -0.05) is 53.7 Å². The standard InChI is InChI=1S/C31H41N5O4S/c1-18-24(41-17-34-18)19-8-9-20(22(12-19)29(2,3)4)14-33-26(38)23-13-21(37)15-36(23)27(39)25(30(5,6)7)35-28(40)31(16-32)10-11-31/h8-9,12,17,21,23,25,37H,10-11,13-15H2,1-7H3,(H,33,38)(H,35,40)/t21-,23+,25-/m1/s1. The Bertz CT molecular complexity index is 1380. The molecule has 1 saturated carbocycles. The lowest BCUT2D eigenvalue weighted by Crippen LogP contribution is -2.58. The fourth-order valence-corrected chi connectivity index (χ4v) is 6.16. The van der Waals surface area contributed by atoms with Gasteiger partial charge in [0.15, 0.2) is 0 Å². The number of carbonyl (C=O) groups is 3. The average Bonchev–Trinajstić information content (AvgIpc) is 3.43. The van der Waals surface area contributed by atoms with E-state index in [2.05, 4.69) is 48.5 Å². The number of hydrogen-bond donors (Lipinski definition) is 3. The molecule has 1 aromatic heterocycles. The molecule has 2 heterocycles. The zero-order chi connectivity index (χ0) is 30.3. The van der Waals surface area contributed by atoms with Gasteiger partial charge in [0.1, 0.15) is 17.5 Å². The third-order valence-corrected chi connectivity index (χ3v) is 9.01. The van der Waals surface area contributed by atoms with Crippen LogP contribution in [0.25, 0.3) is 10.4 Å². The van der Waals surface area contributed by atoms with Gasteiger partial charge in [0.05, 0.1) is 28.3 Å². The SMILES string of the molecule is Cc1ncsc1-c1ccc(CNC(=O)[C@@H]2C[C@@H](O)CN2C(=O)[C@@H](NC(=O)C2(C#N)CC2)C(C)(C)C)c(C(C)(C)C)c1. The van der Waals surface area contributed by atoms with Gasteiger partial charge in [-0.3, -0.25) is 14.4 Å². The zero-order valence-electron chi connectivity index (χ0n) is 25.0. The maximum Gasteiger partial charge on any atom is 0.246 e. The molecule has 3 amide bonds. The first-order valence-corrected chi connectivity index (χ1v) is 15.0. The van der Waals surface area contributed by atoms with E-state index in [0.29, 0.717) is 12.8 Å². The molecule has 0 spiro atoms. The van der Waals surface area contributed by atoms with Crippen molar-refractivity contribution in [3.05, 3.63) is 40.5 Å². The Morgan fingerprint density at radius 2 is 1.90 bits per heavy atom. The van der Waals surface area contributed by atoms with E-state index in [0.717, 1.165) is 27.3 Å². The largest absolute Gasteiger partial charge is 0.391 e. The molecule has 1 saturated heterocycles. The van der Waals surface area contributed by atoms with E-state index < -0.39 is 40.8 Å². The number of aryl methyl sites for hydroxylation is 1. The molecule has 2 aromatic rings. The predicted octanol–water partition coefficient (Wildman–Crippen LogP) is 3.83. The smallest absolute Gasteiger partial charge is 0.246 e. The third-order valence-electron chi connectivity index (χ3n) is 8.03. The molecule has 10 heteroatoms. The molecule has 2 fully saturated rings. The van der Waals surface area contributed by atoms with E-state index in [1.165, 1.54) is 4.90 Å². The lowest BCUT2D eigenvalue weighted by molar-refractivity contribution is -0.144. The summed E-state index contributed by atoms with van der Waals surface area (Å²) in [6.45, 7) is 14.1. The van der Waals surface area contributed by atoms with Crippen molar-refractivity contribution in [1.82, 2.24) is 20.5 Å². The van der Waals surface area contributed by atoms with E-state index in [9.17, 15) is 24.8 Å². The third kappa shape index (κ3) is 6.47. The number of amides is 3. The van der Waals surface area contributed by atoms with Crippen LogP contribution in [-0.2, 0) is 26.3 Å². The summed E-state index contributed by atoms with van der Waals surface area (Å²) in [4.78, 5) is 47.0. The predicted molar refractivity (Wildman–Crippen MR) is 158 cm³/mol. The minimum Gasteiger partial charge on any atom is -0.391 e. The highest BCUT2D eigenvalue weighted by Crippen LogP contribution is 2.45. The van der Waals surface area contributed by atoms with Crippen LogP contribution in [0.1, 0.15) is 77.6 Å². The first-order valence-electron chi connectivity index (χ1n) is 14.1. The summed E-state index contributed by atoms with van der Waals surface area (Å²) < 4.78 is 0. The van der Waals surface area contributed by atoms with Crippen LogP contribution in [0, 0.1) is 29.1 Å². The molecular formula is C31H41N5O4S. The summed E-state index contributed by atoms with van der Waals surface area (Å²) >= 11 is 1.60. The van der Waals surface area contributed by atoms with Crippen molar-refractivity contribution >= 4 is 29.1 Å². The molecule has 220 valence electrons. The Morgan fingerprint density at radius 3 is 2.44 bits per heavy atom. The van der Waals surface area contributed by atoms with Gasteiger partial charge in [-0.05, 0) is 53.4 Å². The van der Waals surface area contributed by atoms with Crippen molar-refractivity contribution < 1.29 is 19.5 Å². The van der Waals surface area contributed by atoms with Gasteiger partial charge >= 0.3 is 0 Å². The molecule has 3 atom stereocenters. The number of nitrogens with one attached hydrogen (secondary N) is 2. The van der Waals surface area contributed by atoms with Gasteiger partial charge in [-0.15, -0.1) is 11.3 Å². The zero-order valence-corrected chi connectivity index (χ0v) is 25.8. The fourth-order valence-electron chi connectivity index (χ4n) is 5.35. The number of rotatable bonds is 7. The van der Waals surface area contributed by atoms with Crippen molar-refractivity contribution in [3.63, 3.8) is 0 Å². The first kappa shape index (κ1) is 30.7. The van der Waals surface area contributed by atoms with E-state index in [1.54, 1.807) is 11.3 Å². The molecule has 0 unspecified atom stereocenters. The molecule has 1 aromatic carbocycles. The molecular weight excluding hydrogens is 538 g/mol. The fraction of sp³-hybridized carbons (Fsp3) is 0.581. The van der Waals surface area contributed by atoms with Crippen LogP contribution in [0.4, 0.5) is 0 Å². The van der Waals surface area contributed by atoms with E-state index in [-0.39, 0.29) is 30.8 Å². The van der Waals surface area contributed by atoms with Crippen molar-refractivity contribution in [3.8, 4) is 16.5 Å². The Hall–Kier alpha value is -3.29. The number of aliphatic hydroxyl groups excluding tert-OH is 1. The lowest BCUT2D eigenvalue weighted by atomic mass is 9.82. The summed E-state index contributed by atoms with van der Waals surface area (Å²) in [5.74, 6) is -1.25. The van der Waals surface area contributed by atoms with Crippen molar-refractivity contribution in [2.75, 3.05) is 6.54 Å². The van der Waals surface area contributed by atoms with Gasteiger partial charge in [0.2, 0.25) is 17.7 Å². The minimum atomic E-state index is -1.08. The van der Waals surface area contributed by atoms with Gasteiger partial charge in [0, 0.05) is 19.5 Å². The molecule has 0 radical (unpaired) electrons. The molecule has 1 aliphatic heterocycles. The number of aromatic nitrogens is 1. The summed E-state index contributed by atoms with van der Waals surface area (Å²) in [6.07, 6.45) is 0.192. The van der Waals surface area contributed by atoms with Gasteiger partial charge < -0.3 is 20.6 Å². The van der Waals surface area contributed by atoms with Crippen LogP contribution in [0.2, 0.25) is 0 Å². The number of aliphatic hydroxyl groups is 1. The maximum atomic E-state index is 13.8. The minimum absolute atomic E-state index is 0.00109. The normalized spacial score (nSPS) is 20.7. The first-order chi connectivity index (χ1) is 19.1. The van der Waals surface area contributed by atoms with Crippen LogP contribution in [0.3, 0.4) is 0 Å². The number of likely N-dealkylation sites (tertiary alicyclic amines) is 1. The van der Waals surface area contributed by atoms with Crippen molar-refractivity contribution in [2.24, 2.45) is 10.8 Å². The maximum absolute atomic E-state index is 13.8. The van der Waals surface area contributed by atoms with Crippen LogP contribution < -0.4 is 10.6 Å². The van der Waals surface area contributed by atoms with Crippen LogP contribution in [-0.4, -0.2) is 57.4 Å². The number of carbonyl (C=O) groups excluding carboxylic acids is 3. The van der Waals surface area contributed by atoms with E-state index in [1.807, 2.05) is 45.3 Å². The average molecular weight is 580 g/mol. The highest BCUT2D eigenvalue weighted by atomic mass is 32.1. The Morgan fingerprint density at radius 1 is 1.22 bits per heavy atom. The summed E-state index contributed by atoms with van der Waals surface area (Å²) in [5.41, 5.74) is 4.04. The quantitative estimate of drug-likeness (QED) is 0.456. The van der Waals surface area contributed by atoms with Gasteiger partial charge in [0.25, 0.3) is 0 Å². The topological polar surface area (TPSA) is 135 Å². The number of nitrogens with zero attached hydrogens (tertiary/aromatic N) is 3. The highest BCUT2D eigenvalue weighted by Gasteiger charge is 2.53. The van der Waals surface area contributed by atoms with Crippen molar-refractivity contribution in [2.45, 2.75) is 97.9 Å². The monoisotopic (exact) mass is 579 g/mol. The van der Waals surface area contributed by atoms with Crippen molar-refractivity contribution in [1.29, 1.82) is 5.26 Å². The molecule has 0 bridgehead atoms. The number of hydrogen-bond acceptors (Lipinski definition) is 7. The van der Waals surface area contributed by atoms with Crippen LogP contribution >= 0.6 is 11.3 Å². The van der Waals surface area contributed by atoms with Crippen LogP contribution in [0.5, 0.6) is 0 Å². The second-order valence-corrected chi connectivity index (χ2v) is 14.3. The Kier molecular flexibility index (Phi) is 8.36. The van der Waals surface area contributed by atoms with E-state index >= 15 is 0 Å².